The van der Waals surface area contributed by atoms with Crippen molar-refractivity contribution in [3.05, 3.63) is 65.9 Å². The quantitative estimate of drug-likeness (QED) is 0.615. The van der Waals surface area contributed by atoms with Crippen LogP contribution < -0.4 is 5.32 Å². The van der Waals surface area contributed by atoms with E-state index >= 15 is 0 Å². The van der Waals surface area contributed by atoms with Gasteiger partial charge in [-0.15, -0.1) is 0 Å². The summed E-state index contributed by atoms with van der Waals surface area (Å²) >= 11 is 1.85. The van der Waals surface area contributed by atoms with Crippen molar-refractivity contribution in [3.63, 3.8) is 0 Å². The molecule has 0 saturated carbocycles. The summed E-state index contributed by atoms with van der Waals surface area (Å²) in [7, 11) is 0. The van der Waals surface area contributed by atoms with Crippen molar-refractivity contribution in [2.75, 3.05) is 29.9 Å². The normalized spacial score (nSPS) is 16.0. The van der Waals surface area contributed by atoms with E-state index < -0.39 is 12.0 Å². The van der Waals surface area contributed by atoms with Crippen LogP contribution in [0.2, 0.25) is 0 Å². The summed E-state index contributed by atoms with van der Waals surface area (Å²) < 4.78 is 0. The van der Waals surface area contributed by atoms with E-state index in [9.17, 15) is 14.7 Å². The number of H-pyrrole nitrogens is 1. The van der Waals surface area contributed by atoms with Crippen LogP contribution in [0.1, 0.15) is 22.0 Å². The molecule has 7 heteroatoms. The highest BCUT2D eigenvalue weighted by Gasteiger charge is 2.30. The zero-order valence-corrected chi connectivity index (χ0v) is 16.0. The molecule has 0 bridgehead atoms. The number of rotatable bonds is 5. The SMILES string of the molecule is O=C(Nc1ccc2c([C@@H](C(=O)O)N3CCSCC3)c[nH]c2c1)c1ccccc1. The summed E-state index contributed by atoms with van der Waals surface area (Å²) in [4.78, 5) is 29.5. The number of hydrogen-bond acceptors (Lipinski definition) is 4. The lowest BCUT2D eigenvalue weighted by Crippen LogP contribution is -2.39. The molecule has 1 aliphatic heterocycles. The number of thioether (sulfide) groups is 1. The highest BCUT2D eigenvalue weighted by Crippen LogP contribution is 2.31. The summed E-state index contributed by atoms with van der Waals surface area (Å²) in [6.07, 6.45) is 1.77. The Morgan fingerprint density at radius 2 is 1.86 bits per heavy atom. The van der Waals surface area contributed by atoms with Gasteiger partial charge in [0, 0.05) is 58.5 Å². The number of benzene rings is 2. The molecule has 0 unspecified atom stereocenters. The lowest BCUT2D eigenvalue weighted by atomic mass is 10.0. The van der Waals surface area contributed by atoms with Gasteiger partial charge in [0.25, 0.3) is 5.91 Å². The predicted molar refractivity (Wildman–Crippen MR) is 112 cm³/mol. The molecule has 3 aromatic rings. The molecule has 144 valence electrons. The van der Waals surface area contributed by atoms with Crippen molar-refractivity contribution in [1.82, 2.24) is 9.88 Å². The van der Waals surface area contributed by atoms with Crippen molar-refractivity contribution >= 4 is 40.2 Å². The standard InChI is InChI=1S/C21H21N3O3S/c25-20(14-4-2-1-3-5-14)23-15-6-7-16-17(13-22-18(16)12-15)19(21(26)27)24-8-10-28-11-9-24/h1-7,12-13,19,22H,8-11H2,(H,23,25)(H,26,27)/t19-/m0/s1. The molecule has 0 spiro atoms. The number of fused-ring (bicyclic) bond motifs is 1. The van der Waals surface area contributed by atoms with Gasteiger partial charge >= 0.3 is 5.97 Å². The Bertz CT molecular complexity index is 997. The Kier molecular flexibility index (Phi) is 5.36. The number of aromatic amines is 1. The van der Waals surface area contributed by atoms with Crippen molar-refractivity contribution in [2.45, 2.75) is 6.04 Å². The Morgan fingerprint density at radius 3 is 2.57 bits per heavy atom. The van der Waals surface area contributed by atoms with Gasteiger partial charge in [0.2, 0.25) is 0 Å². The summed E-state index contributed by atoms with van der Waals surface area (Å²) in [5, 5.41) is 13.6. The molecule has 3 N–H and O–H groups in total. The van der Waals surface area contributed by atoms with Gasteiger partial charge in [0.05, 0.1) is 0 Å². The Morgan fingerprint density at radius 1 is 1.11 bits per heavy atom. The number of carboxylic acid groups (broad SMARTS) is 1. The zero-order chi connectivity index (χ0) is 19.5. The number of carbonyl (C=O) groups is 2. The highest BCUT2D eigenvalue weighted by molar-refractivity contribution is 7.99. The first-order chi connectivity index (χ1) is 13.6. The number of carboxylic acids is 1. The van der Waals surface area contributed by atoms with Crippen LogP contribution in [-0.4, -0.2) is 51.5 Å². The molecule has 1 aromatic heterocycles. The number of nitrogens with one attached hydrogen (secondary N) is 2. The second-order valence-corrected chi connectivity index (χ2v) is 7.94. The number of carbonyl (C=O) groups excluding carboxylic acids is 1. The van der Waals surface area contributed by atoms with Crippen LogP contribution >= 0.6 is 11.8 Å². The van der Waals surface area contributed by atoms with Gasteiger partial charge in [0.1, 0.15) is 6.04 Å². The van der Waals surface area contributed by atoms with Crippen molar-refractivity contribution in [1.29, 1.82) is 0 Å². The summed E-state index contributed by atoms with van der Waals surface area (Å²) in [5.74, 6) is 0.874. The third kappa shape index (κ3) is 3.76. The van der Waals surface area contributed by atoms with E-state index in [1.54, 1.807) is 18.3 Å². The van der Waals surface area contributed by atoms with Crippen molar-refractivity contribution in [3.8, 4) is 0 Å². The fourth-order valence-electron chi connectivity index (χ4n) is 3.57. The Hall–Kier alpha value is -2.77. The topological polar surface area (TPSA) is 85.4 Å². The molecule has 1 atom stereocenters. The molecule has 2 heterocycles. The van der Waals surface area contributed by atoms with Crippen molar-refractivity contribution < 1.29 is 14.7 Å². The molecule has 0 aliphatic carbocycles. The third-order valence-corrected chi connectivity index (χ3v) is 5.89. The fraction of sp³-hybridized carbons (Fsp3) is 0.238. The molecule has 4 rings (SSSR count). The van der Waals surface area contributed by atoms with Crippen LogP contribution in [0.4, 0.5) is 5.69 Å². The van der Waals surface area contributed by atoms with E-state index in [2.05, 4.69) is 10.3 Å². The molecule has 1 saturated heterocycles. The number of hydrogen-bond donors (Lipinski definition) is 3. The summed E-state index contributed by atoms with van der Waals surface area (Å²) in [6.45, 7) is 1.53. The maximum Gasteiger partial charge on any atom is 0.325 e. The number of anilines is 1. The van der Waals surface area contributed by atoms with Gasteiger partial charge in [-0.3, -0.25) is 14.5 Å². The fourth-order valence-corrected chi connectivity index (χ4v) is 4.50. The van der Waals surface area contributed by atoms with Crippen LogP contribution in [0, 0.1) is 0 Å². The number of amides is 1. The minimum Gasteiger partial charge on any atom is -0.480 e. The van der Waals surface area contributed by atoms with E-state index in [0.29, 0.717) is 11.3 Å². The summed E-state index contributed by atoms with van der Waals surface area (Å²) in [6, 6.07) is 13.9. The van der Waals surface area contributed by atoms with Crippen LogP contribution in [0.5, 0.6) is 0 Å². The molecule has 28 heavy (non-hydrogen) atoms. The molecular formula is C21H21N3O3S. The van der Waals surface area contributed by atoms with Gasteiger partial charge in [-0.05, 0) is 24.3 Å². The Labute approximate surface area is 166 Å². The Balaban J connectivity index is 1.60. The van der Waals surface area contributed by atoms with E-state index in [1.807, 2.05) is 53.1 Å². The van der Waals surface area contributed by atoms with Crippen LogP contribution in [0.25, 0.3) is 10.9 Å². The lowest BCUT2D eigenvalue weighted by Gasteiger charge is -2.31. The van der Waals surface area contributed by atoms with Crippen molar-refractivity contribution in [2.24, 2.45) is 0 Å². The first kappa shape index (κ1) is 18.6. The number of nitrogens with zero attached hydrogens (tertiary/aromatic N) is 1. The van der Waals surface area contributed by atoms with Gasteiger partial charge in [-0.25, -0.2) is 0 Å². The third-order valence-electron chi connectivity index (χ3n) is 4.95. The van der Waals surface area contributed by atoms with E-state index in [1.165, 1.54) is 0 Å². The second-order valence-electron chi connectivity index (χ2n) is 6.71. The van der Waals surface area contributed by atoms with E-state index in [4.69, 9.17) is 0 Å². The number of aliphatic carboxylic acids is 1. The molecular weight excluding hydrogens is 374 g/mol. The largest absolute Gasteiger partial charge is 0.480 e. The predicted octanol–water partition coefficient (Wildman–Crippen LogP) is 3.59. The monoisotopic (exact) mass is 395 g/mol. The molecule has 2 aromatic carbocycles. The van der Waals surface area contributed by atoms with E-state index in [-0.39, 0.29) is 5.91 Å². The first-order valence-electron chi connectivity index (χ1n) is 9.15. The van der Waals surface area contributed by atoms with Gasteiger partial charge < -0.3 is 15.4 Å². The molecule has 1 fully saturated rings. The van der Waals surface area contributed by atoms with Crippen LogP contribution in [0.3, 0.4) is 0 Å². The average Bonchev–Trinajstić information content (AvgIpc) is 3.12. The highest BCUT2D eigenvalue weighted by atomic mass is 32.2. The number of aromatic nitrogens is 1. The smallest absolute Gasteiger partial charge is 0.325 e. The molecule has 0 radical (unpaired) electrons. The van der Waals surface area contributed by atoms with Gasteiger partial charge in [-0.1, -0.05) is 24.3 Å². The zero-order valence-electron chi connectivity index (χ0n) is 15.2. The van der Waals surface area contributed by atoms with Crippen LogP contribution in [-0.2, 0) is 4.79 Å². The molecule has 1 aliphatic rings. The molecule has 1 amide bonds. The maximum atomic E-state index is 12.4. The van der Waals surface area contributed by atoms with E-state index in [0.717, 1.165) is 41.1 Å². The average molecular weight is 395 g/mol. The minimum atomic E-state index is -0.839. The van der Waals surface area contributed by atoms with Gasteiger partial charge in [-0.2, -0.15) is 11.8 Å². The summed E-state index contributed by atoms with van der Waals surface area (Å²) in [5.41, 5.74) is 2.81. The molecule has 6 nitrogen and oxygen atoms in total. The van der Waals surface area contributed by atoms with Gasteiger partial charge in [0.15, 0.2) is 0 Å². The lowest BCUT2D eigenvalue weighted by molar-refractivity contribution is -0.143. The first-order valence-corrected chi connectivity index (χ1v) is 10.3. The van der Waals surface area contributed by atoms with Crippen LogP contribution in [0.15, 0.2) is 54.7 Å². The minimum absolute atomic E-state index is 0.180. The maximum absolute atomic E-state index is 12.4. The second kappa shape index (κ2) is 8.08.